The van der Waals surface area contributed by atoms with Gasteiger partial charge in [0.15, 0.2) is 0 Å². The van der Waals surface area contributed by atoms with Crippen molar-refractivity contribution in [2.75, 3.05) is 0 Å². The first-order valence-electron chi connectivity index (χ1n) is 4.19. The Bertz CT molecular complexity index is 102. The molecule has 0 radical (unpaired) electrons. The summed E-state index contributed by atoms with van der Waals surface area (Å²) in [5, 5.41) is 18.5. The van der Waals surface area contributed by atoms with E-state index in [0.29, 0.717) is 12.8 Å². The van der Waals surface area contributed by atoms with Crippen molar-refractivity contribution >= 4 is 0 Å². The molecule has 0 spiro atoms. The molecule has 0 fully saturated rings. The molecule has 0 amide bonds. The molecule has 0 aromatic heterocycles. The third-order valence-electron chi connectivity index (χ3n) is 1.70. The summed E-state index contributed by atoms with van der Waals surface area (Å²) >= 11 is 0. The highest BCUT2D eigenvalue weighted by Gasteiger charge is 2.13. The van der Waals surface area contributed by atoms with Gasteiger partial charge in [-0.1, -0.05) is 19.4 Å². The molecule has 0 saturated heterocycles. The summed E-state index contributed by atoms with van der Waals surface area (Å²) < 4.78 is 0. The van der Waals surface area contributed by atoms with Crippen LogP contribution in [-0.2, 0) is 0 Å². The molecule has 0 rings (SSSR count). The highest BCUT2D eigenvalue weighted by atomic mass is 16.3. The van der Waals surface area contributed by atoms with Gasteiger partial charge < -0.3 is 10.2 Å². The average Bonchev–Trinajstić information content (AvgIpc) is 2.00. The van der Waals surface area contributed by atoms with Crippen LogP contribution < -0.4 is 0 Å². The molecule has 2 atom stereocenters. The van der Waals surface area contributed by atoms with Crippen molar-refractivity contribution in [2.24, 2.45) is 0 Å². The van der Waals surface area contributed by atoms with Crippen LogP contribution in [0.3, 0.4) is 0 Å². The van der Waals surface area contributed by atoms with E-state index >= 15 is 0 Å². The zero-order chi connectivity index (χ0) is 8.69. The Balaban J connectivity index is 3.45. The standard InChI is InChI=1S/C9H18O2/c1-3-5-7-9(11)8(10)6-4-2/h3,8-11H,1,4-7H2,2H3. The van der Waals surface area contributed by atoms with Crippen molar-refractivity contribution in [3.8, 4) is 0 Å². The van der Waals surface area contributed by atoms with Crippen molar-refractivity contribution in [3.05, 3.63) is 12.7 Å². The summed E-state index contributed by atoms with van der Waals surface area (Å²) in [5.74, 6) is 0. The smallest absolute Gasteiger partial charge is 0.0802 e. The maximum atomic E-state index is 9.28. The Kier molecular flexibility index (Phi) is 6.18. The van der Waals surface area contributed by atoms with Crippen LogP contribution in [-0.4, -0.2) is 22.4 Å². The number of hydrogen-bond donors (Lipinski definition) is 2. The van der Waals surface area contributed by atoms with Gasteiger partial charge in [-0.3, -0.25) is 0 Å². The fourth-order valence-electron chi connectivity index (χ4n) is 0.969. The van der Waals surface area contributed by atoms with Crippen molar-refractivity contribution < 1.29 is 10.2 Å². The molecular weight excluding hydrogens is 140 g/mol. The van der Waals surface area contributed by atoms with Gasteiger partial charge in [0.25, 0.3) is 0 Å². The molecule has 2 unspecified atom stereocenters. The SMILES string of the molecule is C=CCCC(O)C(O)CCC. The lowest BCUT2D eigenvalue weighted by molar-refractivity contribution is 0.0102. The van der Waals surface area contributed by atoms with Gasteiger partial charge in [0.2, 0.25) is 0 Å². The van der Waals surface area contributed by atoms with Gasteiger partial charge in [-0.2, -0.15) is 0 Å². The van der Waals surface area contributed by atoms with Crippen molar-refractivity contribution in [1.82, 2.24) is 0 Å². The van der Waals surface area contributed by atoms with E-state index in [0.717, 1.165) is 12.8 Å². The third-order valence-corrected chi connectivity index (χ3v) is 1.70. The van der Waals surface area contributed by atoms with Crippen LogP contribution in [0, 0.1) is 0 Å². The predicted octanol–water partition coefficient (Wildman–Crippen LogP) is 1.47. The average molecular weight is 158 g/mol. The molecule has 0 heterocycles. The van der Waals surface area contributed by atoms with Crippen LogP contribution in [0.25, 0.3) is 0 Å². The molecule has 0 aromatic carbocycles. The second kappa shape index (κ2) is 6.38. The lowest BCUT2D eigenvalue weighted by Gasteiger charge is -2.15. The van der Waals surface area contributed by atoms with Crippen molar-refractivity contribution in [1.29, 1.82) is 0 Å². The lowest BCUT2D eigenvalue weighted by Crippen LogP contribution is -2.25. The van der Waals surface area contributed by atoms with Gasteiger partial charge in [-0.25, -0.2) is 0 Å². The molecular formula is C9H18O2. The molecule has 0 saturated carbocycles. The van der Waals surface area contributed by atoms with E-state index in [1.807, 2.05) is 6.92 Å². The monoisotopic (exact) mass is 158 g/mol. The Morgan fingerprint density at radius 3 is 2.27 bits per heavy atom. The molecule has 0 aliphatic carbocycles. The quantitative estimate of drug-likeness (QED) is 0.575. The first kappa shape index (κ1) is 10.7. The van der Waals surface area contributed by atoms with Gasteiger partial charge in [-0.15, -0.1) is 6.58 Å². The number of rotatable bonds is 6. The summed E-state index contributed by atoms with van der Waals surface area (Å²) in [7, 11) is 0. The van der Waals surface area contributed by atoms with Crippen molar-refractivity contribution in [3.63, 3.8) is 0 Å². The molecule has 2 heteroatoms. The normalized spacial score (nSPS) is 15.9. The summed E-state index contributed by atoms with van der Waals surface area (Å²) in [6.45, 7) is 5.53. The largest absolute Gasteiger partial charge is 0.390 e. The molecule has 0 aromatic rings. The minimum Gasteiger partial charge on any atom is -0.390 e. The van der Waals surface area contributed by atoms with Crippen LogP contribution in [0.15, 0.2) is 12.7 Å². The molecule has 0 aliphatic rings. The molecule has 0 aliphatic heterocycles. The van der Waals surface area contributed by atoms with E-state index in [4.69, 9.17) is 0 Å². The van der Waals surface area contributed by atoms with E-state index in [1.165, 1.54) is 0 Å². The molecule has 2 N–H and O–H groups in total. The number of allylic oxidation sites excluding steroid dienone is 1. The highest BCUT2D eigenvalue weighted by Crippen LogP contribution is 2.07. The molecule has 0 bridgehead atoms. The molecule has 2 nitrogen and oxygen atoms in total. The Labute approximate surface area is 68.6 Å². The van der Waals surface area contributed by atoms with Gasteiger partial charge in [0, 0.05) is 0 Å². The van der Waals surface area contributed by atoms with Crippen LogP contribution >= 0.6 is 0 Å². The number of aliphatic hydroxyl groups excluding tert-OH is 2. The zero-order valence-electron chi connectivity index (χ0n) is 7.16. The Hall–Kier alpha value is -0.340. The van der Waals surface area contributed by atoms with Crippen LogP contribution in [0.4, 0.5) is 0 Å². The Morgan fingerprint density at radius 2 is 1.82 bits per heavy atom. The minimum atomic E-state index is -0.576. The number of aliphatic hydroxyl groups is 2. The fourth-order valence-corrected chi connectivity index (χ4v) is 0.969. The predicted molar refractivity (Wildman–Crippen MR) is 46.4 cm³/mol. The number of hydrogen-bond acceptors (Lipinski definition) is 2. The van der Waals surface area contributed by atoms with Crippen LogP contribution in [0.5, 0.6) is 0 Å². The zero-order valence-corrected chi connectivity index (χ0v) is 7.16. The van der Waals surface area contributed by atoms with E-state index in [1.54, 1.807) is 6.08 Å². The summed E-state index contributed by atoms with van der Waals surface area (Å²) in [4.78, 5) is 0. The fraction of sp³-hybridized carbons (Fsp3) is 0.778. The maximum absolute atomic E-state index is 9.28. The first-order chi connectivity index (χ1) is 5.22. The first-order valence-corrected chi connectivity index (χ1v) is 4.19. The van der Waals surface area contributed by atoms with Gasteiger partial charge in [0.05, 0.1) is 12.2 Å². The highest BCUT2D eigenvalue weighted by molar-refractivity contribution is 4.73. The van der Waals surface area contributed by atoms with E-state index < -0.39 is 12.2 Å². The molecule has 66 valence electrons. The van der Waals surface area contributed by atoms with Gasteiger partial charge >= 0.3 is 0 Å². The van der Waals surface area contributed by atoms with E-state index in [9.17, 15) is 10.2 Å². The lowest BCUT2D eigenvalue weighted by atomic mass is 10.0. The second-order valence-corrected chi connectivity index (χ2v) is 2.79. The summed E-state index contributed by atoms with van der Waals surface area (Å²) in [5.41, 5.74) is 0. The third kappa shape index (κ3) is 4.99. The van der Waals surface area contributed by atoms with Crippen LogP contribution in [0.1, 0.15) is 32.6 Å². The van der Waals surface area contributed by atoms with Gasteiger partial charge in [-0.05, 0) is 19.3 Å². The van der Waals surface area contributed by atoms with E-state index in [2.05, 4.69) is 6.58 Å². The van der Waals surface area contributed by atoms with Gasteiger partial charge in [0.1, 0.15) is 0 Å². The Morgan fingerprint density at radius 1 is 1.27 bits per heavy atom. The second-order valence-electron chi connectivity index (χ2n) is 2.79. The summed E-state index contributed by atoms with van der Waals surface area (Å²) in [6.07, 6.45) is 3.59. The van der Waals surface area contributed by atoms with Crippen molar-refractivity contribution in [2.45, 2.75) is 44.8 Å². The minimum absolute atomic E-state index is 0.556. The van der Waals surface area contributed by atoms with Crippen LogP contribution in [0.2, 0.25) is 0 Å². The molecule has 11 heavy (non-hydrogen) atoms. The topological polar surface area (TPSA) is 40.5 Å². The van der Waals surface area contributed by atoms with E-state index in [-0.39, 0.29) is 0 Å². The summed E-state index contributed by atoms with van der Waals surface area (Å²) in [6, 6.07) is 0. The maximum Gasteiger partial charge on any atom is 0.0802 e.